The van der Waals surface area contributed by atoms with Crippen LogP contribution in [0, 0.1) is 5.82 Å². The van der Waals surface area contributed by atoms with Gasteiger partial charge in [-0.25, -0.2) is 23.5 Å². The molecule has 1 aliphatic carbocycles. The van der Waals surface area contributed by atoms with Crippen LogP contribution < -0.4 is 21.1 Å². The van der Waals surface area contributed by atoms with Crippen molar-refractivity contribution in [2.24, 2.45) is 0 Å². The Morgan fingerprint density at radius 3 is 2.64 bits per heavy atom. The highest BCUT2D eigenvalue weighted by Crippen LogP contribution is 2.42. The lowest BCUT2D eigenvalue weighted by Gasteiger charge is -2.27. The topological polar surface area (TPSA) is 110 Å². The van der Waals surface area contributed by atoms with Crippen LogP contribution in [0.2, 0.25) is 0 Å². The van der Waals surface area contributed by atoms with Crippen molar-refractivity contribution in [3.63, 3.8) is 0 Å². The van der Waals surface area contributed by atoms with Gasteiger partial charge in [-0.2, -0.15) is 13.2 Å². The number of benzene rings is 2. The zero-order valence-electron chi connectivity index (χ0n) is 23.5. The van der Waals surface area contributed by atoms with Crippen molar-refractivity contribution in [3.8, 4) is 16.9 Å². The standard InChI is InChI=1S/C30H28F5N7O2/c1-41-9-8-17(23(32)13-41)14-44-25-7-3-18(11-21(25)30(33,34)35)39-29(43)40-24-6-2-16(10-22(24)31)20-12-42(19-4-5-19)28-26(20)27(36)37-15-38-28/h2-3,6-7,10-12,14-15,19,23H,4-5,8-9,13H2,1H3,(H2,36,37,38)(H2,39,40,43)/b17-14+. The van der Waals surface area contributed by atoms with Crippen molar-refractivity contribution >= 4 is 34.3 Å². The van der Waals surface area contributed by atoms with Gasteiger partial charge in [0, 0.05) is 42.2 Å². The molecule has 0 bridgehead atoms. The summed E-state index contributed by atoms with van der Waals surface area (Å²) < 4.78 is 78.2. The minimum absolute atomic E-state index is 0.122. The molecule has 1 aliphatic heterocycles. The Balaban J connectivity index is 1.18. The highest BCUT2D eigenvalue weighted by Gasteiger charge is 2.35. The number of carbonyl (C=O) groups excluding carboxylic acids is 1. The third-order valence-electron chi connectivity index (χ3n) is 7.64. The average molecular weight is 614 g/mol. The molecule has 0 radical (unpaired) electrons. The second kappa shape index (κ2) is 11.4. The first kappa shape index (κ1) is 29.4. The van der Waals surface area contributed by atoms with Crippen molar-refractivity contribution in [3.05, 3.63) is 72.1 Å². The van der Waals surface area contributed by atoms with E-state index in [-0.39, 0.29) is 35.4 Å². The number of likely N-dealkylation sites (tertiary alicyclic amines) is 1. The SMILES string of the molecule is CN1CC/C(=C\Oc2ccc(NC(=O)Nc3ccc(-c4cn(C5CC5)c5ncnc(N)c45)cc3F)cc2C(F)(F)F)C(F)C1. The van der Waals surface area contributed by atoms with E-state index in [2.05, 4.69) is 20.6 Å². The molecule has 4 aromatic rings. The van der Waals surface area contributed by atoms with E-state index < -0.39 is 35.5 Å². The number of hydrogen-bond donors (Lipinski definition) is 3. The highest BCUT2D eigenvalue weighted by molar-refractivity contribution is 6.02. The number of fused-ring (bicyclic) bond motifs is 1. The number of aromatic nitrogens is 3. The fourth-order valence-electron chi connectivity index (χ4n) is 5.19. The number of nitrogen functional groups attached to an aromatic ring is 1. The van der Waals surface area contributed by atoms with Crippen LogP contribution in [-0.4, -0.2) is 51.8 Å². The maximum Gasteiger partial charge on any atom is 0.420 e. The van der Waals surface area contributed by atoms with Gasteiger partial charge < -0.3 is 30.6 Å². The molecule has 1 saturated carbocycles. The number of alkyl halides is 4. The van der Waals surface area contributed by atoms with Gasteiger partial charge in [-0.3, -0.25) is 0 Å². The number of hydrogen-bond acceptors (Lipinski definition) is 6. The first-order chi connectivity index (χ1) is 21.0. The van der Waals surface area contributed by atoms with Gasteiger partial charge in [0.05, 0.1) is 17.3 Å². The average Bonchev–Trinajstić information content (AvgIpc) is 3.73. The summed E-state index contributed by atoms with van der Waals surface area (Å²) in [6, 6.07) is 6.40. The summed E-state index contributed by atoms with van der Waals surface area (Å²) in [7, 11) is 1.75. The molecule has 1 saturated heterocycles. The van der Waals surface area contributed by atoms with Gasteiger partial charge >= 0.3 is 12.2 Å². The van der Waals surface area contributed by atoms with Crippen LogP contribution in [0.25, 0.3) is 22.2 Å². The molecule has 2 aliphatic rings. The minimum atomic E-state index is -4.83. The van der Waals surface area contributed by atoms with E-state index >= 15 is 4.39 Å². The van der Waals surface area contributed by atoms with Crippen LogP contribution in [0.5, 0.6) is 5.75 Å². The third-order valence-corrected chi connectivity index (χ3v) is 7.64. The quantitative estimate of drug-likeness (QED) is 0.164. The van der Waals surface area contributed by atoms with Crippen LogP contribution in [-0.2, 0) is 6.18 Å². The maximum atomic E-state index is 15.2. The van der Waals surface area contributed by atoms with E-state index in [9.17, 15) is 22.4 Å². The van der Waals surface area contributed by atoms with Crippen LogP contribution in [0.3, 0.4) is 0 Å². The number of amides is 2. The van der Waals surface area contributed by atoms with Crippen molar-refractivity contribution in [2.75, 3.05) is 36.5 Å². The van der Waals surface area contributed by atoms with Gasteiger partial charge in [0.15, 0.2) is 0 Å². The zero-order chi connectivity index (χ0) is 31.2. The third kappa shape index (κ3) is 6.02. The predicted octanol–water partition coefficient (Wildman–Crippen LogP) is 6.75. The van der Waals surface area contributed by atoms with Crippen molar-refractivity contribution < 1.29 is 31.5 Å². The molecule has 2 amide bonds. The number of urea groups is 1. The number of nitrogens with zero attached hydrogens (tertiary/aromatic N) is 4. The van der Waals surface area contributed by atoms with E-state index in [1.165, 1.54) is 24.5 Å². The first-order valence-electron chi connectivity index (χ1n) is 13.9. The molecular weight excluding hydrogens is 585 g/mol. The van der Waals surface area contributed by atoms with Gasteiger partial charge in [-0.05, 0) is 62.2 Å². The number of ether oxygens (including phenoxy) is 1. The number of anilines is 3. The van der Waals surface area contributed by atoms with E-state index in [0.29, 0.717) is 41.2 Å². The lowest BCUT2D eigenvalue weighted by atomic mass is 10.0. The molecular formula is C30H28F5N7O2. The molecule has 1 unspecified atom stereocenters. The monoisotopic (exact) mass is 613 g/mol. The Kier molecular flexibility index (Phi) is 7.61. The van der Waals surface area contributed by atoms with Gasteiger partial charge in [-0.1, -0.05) is 6.07 Å². The largest absolute Gasteiger partial charge is 0.464 e. The summed E-state index contributed by atoms with van der Waals surface area (Å²) in [5.41, 5.74) is 6.58. The minimum Gasteiger partial charge on any atom is -0.464 e. The molecule has 1 atom stereocenters. The maximum absolute atomic E-state index is 15.2. The molecule has 2 aromatic heterocycles. The number of halogens is 5. The van der Waals surface area contributed by atoms with Gasteiger partial charge in [0.25, 0.3) is 0 Å². The van der Waals surface area contributed by atoms with Gasteiger partial charge in [0.2, 0.25) is 0 Å². The summed E-state index contributed by atoms with van der Waals surface area (Å²) >= 11 is 0. The Labute approximate surface area is 248 Å². The highest BCUT2D eigenvalue weighted by atomic mass is 19.4. The van der Waals surface area contributed by atoms with Gasteiger partial charge in [-0.15, -0.1) is 0 Å². The number of carbonyl (C=O) groups is 1. The Morgan fingerprint density at radius 2 is 1.93 bits per heavy atom. The first-order valence-corrected chi connectivity index (χ1v) is 13.9. The molecule has 6 rings (SSSR count). The van der Waals surface area contributed by atoms with Crippen molar-refractivity contribution in [2.45, 2.75) is 37.7 Å². The van der Waals surface area contributed by atoms with Gasteiger partial charge in [0.1, 0.15) is 41.1 Å². The van der Waals surface area contributed by atoms with Crippen LogP contribution in [0.4, 0.5) is 43.9 Å². The lowest BCUT2D eigenvalue weighted by Crippen LogP contribution is -2.35. The summed E-state index contributed by atoms with van der Waals surface area (Å²) in [4.78, 5) is 22.8. The summed E-state index contributed by atoms with van der Waals surface area (Å²) in [5.74, 6) is -1.06. The van der Waals surface area contributed by atoms with E-state index in [1.807, 2.05) is 10.8 Å². The number of rotatable bonds is 6. The predicted molar refractivity (Wildman–Crippen MR) is 155 cm³/mol. The smallest absolute Gasteiger partial charge is 0.420 e. The van der Waals surface area contributed by atoms with Crippen molar-refractivity contribution in [1.82, 2.24) is 19.4 Å². The molecule has 2 aromatic carbocycles. The van der Waals surface area contributed by atoms with E-state index in [4.69, 9.17) is 10.5 Å². The van der Waals surface area contributed by atoms with Crippen LogP contribution in [0.15, 0.2) is 60.8 Å². The molecule has 44 heavy (non-hydrogen) atoms. The Bertz CT molecular complexity index is 1770. The second-order valence-corrected chi connectivity index (χ2v) is 10.9. The second-order valence-electron chi connectivity index (χ2n) is 10.9. The molecule has 3 heterocycles. The summed E-state index contributed by atoms with van der Waals surface area (Å²) in [6.45, 7) is 0.675. The Hall–Kier alpha value is -4.72. The van der Waals surface area contributed by atoms with Crippen LogP contribution >= 0.6 is 0 Å². The summed E-state index contributed by atoms with van der Waals surface area (Å²) in [5, 5.41) is 5.20. The fourth-order valence-corrected chi connectivity index (χ4v) is 5.19. The number of nitrogens with one attached hydrogen (secondary N) is 2. The van der Waals surface area contributed by atoms with Crippen molar-refractivity contribution in [1.29, 1.82) is 0 Å². The summed E-state index contributed by atoms with van der Waals surface area (Å²) in [6.07, 6.45) is 0.375. The number of nitrogens with two attached hydrogens (primary N) is 1. The molecule has 9 nitrogen and oxygen atoms in total. The molecule has 230 valence electrons. The lowest BCUT2D eigenvalue weighted by molar-refractivity contribution is -0.138. The fraction of sp³-hybridized carbons (Fsp3) is 0.300. The van der Waals surface area contributed by atoms with Crippen LogP contribution in [0.1, 0.15) is 30.9 Å². The van der Waals surface area contributed by atoms with E-state index in [0.717, 1.165) is 25.2 Å². The Morgan fingerprint density at radius 1 is 1.14 bits per heavy atom. The molecule has 4 N–H and O–H groups in total. The molecule has 0 spiro atoms. The molecule has 2 fully saturated rings. The number of piperidine rings is 1. The molecule has 14 heteroatoms. The normalized spacial score (nSPS) is 18.5. The van der Waals surface area contributed by atoms with E-state index in [1.54, 1.807) is 18.0 Å². The zero-order valence-corrected chi connectivity index (χ0v) is 23.5.